The minimum Gasteiger partial charge on any atom is -0.368 e. The van der Waals surface area contributed by atoms with Crippen molar-refractivity contribution >= 4 is 45.1 Å². The Hall–Kier alpha value is -2.18. The van der Waals surface area contributed by atoms with Gasteiger partial charge >= 0.3 is 0 Å². The molecular formula is C32H40BrClN2O3. The van der Waals surface area contributed by atoms with Crippen LogP contribution in [-0.4, -0.2) is 23.6 Å². The fraction of sp³-hybridized carbons (Fsp3) is 0.531. The van der Waals surface area contributed by atoms with Crippen molar-refractivity contribution < 1.29 is 14.4 Å². The third-order valence-corrected chi connectivity index (χ3v) is 9.48. The third kappa shape index (κ3) is 7.73. The minimum atomic E-state index is -0.771. The van der Waals surface area contributed by atoms with Crippen LogP contribution in [0.2, 0.25) is 5.02 Å². The molecule has 4 atom stereocenters. The van der Waals surface area contributed by atoms with Crippen LogP contribution in [-0.2, 0) is 21.3 Å². The molecule has 4 rings (SSSR count). The highest BCUT2D eigenvalue weighted by Gasteiger charge is 2.39. The van der Waals surface area contributed by atoms with Gasteiger partial charge in [0.05, 0.1) is 0 Å². The summed E-state index contributed by atoms with van der Waals surface area (Å²) in [7, 11) is 0. The molecule has 2 aliphatic carbocycles. The summed E-state index contributed by atoms with van der Waals surface area (Å²) in [5.74, 6) is -0.953. The molecule has 2 aromatic rings. The van der Waals surface area contributed by atoms with E-state index in [0.29, 0.717) is 30.7 Å². The number of nitrogens with two attached hydrogens (primary N) is 1. The number of benzene rings is 2. The first-order chi connectivity index (χ1) is 18.8. The number of primary amides is 1. The lowest BCUT2D eigenvalue weighted by Gasteiger charge is -2.27. The normalized spacial score (nSPS) is 21.3. The fourth-order valence-electron chi connectivity index (χ4n) is 6.49. The molecule has 5 nitrogen and oxygen atoms in total. The van der Waals surface area contributed by atoms with Crippen LogP contribution >= 0.6 is 27.5 Å². The van der Waals surface area contributed by atoms with Gasteiger partial charge in [0, 0.05) is 27.8 Å². The van der Waals surface area contributed by atoms with Gasteiger partial charge in [-0.15, -0.1) is 0 Å². The van der Waals surface area contributed by atoms with Crippen molar-refractivity contribution in [3.8, 4) is 0 Å². The van der Waals surface area contributed by atoms with Gasteiger partial charge in [-0.25, -0.2) is 0 Å². The second kappa shape index (κ2) is 13.9. The Morgan fingerprint density at radius 2 is 1.67 bits per heavy atom. The molecule has 0 saturated heterocycles. The Morgan fingerprint density at radius 3 is 2.33 bits per heavy atom. The molecule has 1 unspecified atom stereocenters. The monoisotopic (exact) mass is 614 g/mol. The van der Waals surface area contributed by atoms with Crippen LogP contribution in [0, 0.1) is 17.8 Å². The number of alkyl halides is 1. The van der Waals surface area contributed by atoms with Crippen molar-refractivity contribution in [1.82, 2.24) is 5.32 Å². The van der Waals surface area contributed by atoms with Crippen molar-refractivity contribution in [2.24, 2.45) is 23.5 Å². The molecule has 2 fully saturated rings. The zero-order valence-electron chi connectivity index (χ0n) is 22.8. The summed E-state index contributed by atoms with van der Waals surface area (Å²) in [5.41, 5.74) is 10.1. The minimum absolute atomic E-state index is 0.00394. The van der Waals surface area contributed by atoms with Crippen molar-refractivity contribution in [1.29, 1.82) is 0 Å². The SMILES string of the molecule is CC(Cc1ccc(Cl)cc1C1CCCCC1)C[C@H](NC(=O)[C@@H]1CCC[C@H]1C(=O)c1ccc(CBr)cc1)C(N)=O. The average molecular weight is 616 g/mol. The molecule has 0 aliphatic heterocycles. The quantitative estimate of drug-likeness (QED) is 0.208. The lowest BCUT2D eigenvalue weighted by molar-refractivity contribution is -0.130. The summed E-state index contributed by atoms with van der Waals surface area (Å²) in [6.45, 7) is 2.10. The summed E-state index contributed by atoms with van der Waals surface area (Å²) >= 11 is 9.80. The number of ketones is 1. The molecule has 0 radical (unpaired) electrons. The summed E-state index contributed by atoms with van der Waals surface area (Å²) in [6.07, 6.45) is 9.51. The van der Waals surface area contributed by atoms with Gasteiger partial charge in [-0.05, 0) is 79.2 Å². The van der Waals surface area contributed by atoms with E-state index in [-0.39, 0.29) is 23.5 Å². The number of nitrogens with one attached hydrogen (secondary N) is 1. The summed E-state index contributed by atoms with van der Waals surface area (Å²) < 4.78 is 0. The lowest BCUT2D eigenvalue weighted by atomic mass is 9.80. The van der Waals surface area contributed by atoms with Crippen molar-refractivity contribution in [2.75, 3.05) is 0 Å². The molecular weight excluding hydrogens is 576 g/mol. The molecule has 0 spiro atoms. The van der Waals surface area contributed by atoms with E-state index in [1.54, 1.807) is 0 Å². The van der Waals surface area contributed by atoms with Gasteiger partial charge in [-0.3, -0.25) is 14.4 Å². The number of hydrogen-bond acceptors (Lipinski definition) is 3. The van der Waals surface area contributed by atoms with Crippen LogP contribution in [0.25, 0.3) is 0 Å². The molecule has 2 aromatic carbocycles. The summed E-state index contributed by atoms with van der Waals surface area (Å²) in [5, 5.41) is 4.41. The molecule has 39 heavy (non-hydrogen) atoms. The predicted molar refractivity (Wildman–Crippen MR) is 160 cm³/mol. The Morgan fingerprint density at radius 1 is 0.974 bits per heavy atom. The smallest absolute Gasteiger partial charge is 0.240 e. The molecule has 2 aliphatic rings. The van der Waals surface area contributed by atoms with Gasteiger partial charge in [0.2, 0.25) is 11.8 Å². The predicted octanol–water partition coefficient (Wildman–Crippen LogP) is 7.12. The van der Waals surface area contributed by atoms with Gasteiger partial charge in [0.15, 0.2) is 5.78 Å². The number of hydrogen-bond donors (Lipinski definition) is 2. The first-order valence-corrected chi connectivity index (χ1v) is 15.8. The van der Waals surface area contributed by atoms with E-state index in [4.69, 9.17) is 17.3 Å². The largest absolute Gasteiger partial charge is 0.368 e. The van der Waals surface area contributed by atoms with Gasteiger partial charge in [0.1, 0.15) is 6.04 Å². The highest BCUT2D eigenvalue weighted by atomic mass is 79.9. The standard InChI is InChI=1S/C32H40BrClN2O3/c1-20(16-24-14-15-25(34)18-28(24)22-6-3-2-4-7-22)17-29(31(35)38)36-32(39)27-9-5-8-26(27)30(37)23-12-10-21(19-33)11-13-23/h10-15,18,20,22,26-27,29H,2-9,16-17,19H2,1H3,(H2,35,38)(H,36,39)/t20?,26-,27-,29+/m1/s1. The maximum Gasteiger partial charge on any atom is 0.240 e. The molecule has 0 bridgehead atoms. The highest BCUT2D eigenvalue weighted by molar-refractivity contribution is 9.08. The van der Waals surface area contributed by atoms with E-state index in [0.717, 1.165) is 28.8 Å². The second-order valence-electron chi connectivity index (χ2n) is 11.5. The number of carbonyl (C=O) groups excluding carboxylic acids is 3. The van der Waals surface area contributed by atoms with Crippen molar-refractivity contribution in [3.63, 3.8) is 0 Å². The molecule has 0 aromatic heterocycles. The van der Waals surface area contributed by atoms with Gasteiger partial charge in [0.25, 0.3) is 0 Å². The zero-order valence-corrected chi connectivity index (χ0v) is 25.1. The Labute approximate surface area is 245 Å². The first kappa shape index (κ1) is 29.8. The number of Topliss-reactive ketones (excluding diaryl/α,β-unsaturated/α-hetero) is 1. The third-order valence-electron chi connectivity index (χ3n) is 8.60. The number of amides is 2. The van der Waals surface area contributed by atoms with Crippen molar-refractivity contribution in [3.05, 3.63) is 69.7 Å². The summed E-state index contributed by atoms with van der Waals surface area (Å²) in [6, 6.07) is 12.9. The molecule has 7 heteroatoms. The fourth-order valence-corrected chi connectivity index (χ4v) is 7.05. The Bertz CT molecular complexity index is 1160. The number of rotatable bonds is 11. The summed E-state index contributed by atoms with van der Waals surface area (Å²) in [4.78, 5) is 39.0. The van der Waals surface area contributed by atoms with Crippen LogP contribution in [0.5, 0.6) is 0 Å². The molecule has 2 saturated carbocycles. The Kier molecular flexibility index (Phi) is 10.6. The molecule has 3 N–H and O–H groups in total. The van der Waals surface area contributed by atoms with Crippen LogP contribution in [0.4, 0.5) is 0 Å². The maximum absolute atomic E-state index is 13.4. The molecule has 0 heterocycles. The van der Waals surface area contributed by atoms with Gasteiger partial charge in [-0.2, -0.15) is 0 Å². The van der Waals surface area contributed by atoms with E-state index in [9.17, 15) is 14.4 Å². The van der Waals surface area contributed by atoms with E-state index < -0.39 is 17.9 Å². The van der Waals surface area contributed by atoms with E-state index in [1.807, 2.05) is 30.3 Å². The van der Waals surface area contributed by atoms with Crippen LogP contribution in [0.3, 0.4) is 0 Å². The van der Waals surface area contributed by atoms with Crippen molar-refractivity contribution in [2.45, 2.75) is 88.4 Å². The first-order valence-electron chi connectivity index (χ1n) is 14.3. The number of halogens is 2. The lowest BCUT2D eigenvalue weighted by Crippen LogP contribution is -2.48. The topological polar surface area (TPSA) is 89.3 Å². The maximum atomic E-state index is 13.4. The van der Waals surface area contributed by atoms with Crippen LogP contribution < -0.4 is 11.1 Å². The molecule has 2 amide bonds. The molecule has 210 valence electrons. The van der Waals surface area contributed by atoms with Crippen LogP contribution in [0.1, 0.15) is 97.7 Å². The van der Waals surface area contributed by atoms with E-state index in [1.165, 1.54) is 43.2 Å². The average Bonchev–Trinajstić information content (AvgIpc) is 3.44. The van der Waals surface area contributed by atoms with E-state index >= 15 is 0 Å². The highest BCUT2D eigenvalue weighted by Crippen LogP contribution is 2.37. The van der Waals surface area contributed by atoms with Crippen LogP contribution in [0.15, 0.2) is 42.5 Å². The van der Waals surface area contributed by atoms with E-state index in [2.05, 4.69) is 40.3 Å². The van der Waals surface area contributed by atoms with Gasteiger partial charge < -0.3 is 11.1 Å². The number of carbonyl (C=O) groups is 3. The van der Waals surface area contributed by atoms with Gasteiger partial charge in [-0.1, -0.05) is 90.5 Å². The zero-order chi connectivity index (χ0) is 27.9. The second-order valence-corrected chi connectivity index (χ2v) is 12.5. The Balaban J connectivity index is 1.40.